The van der Waals surface area contributed by atoms with Gasteiger partial charge in [0.15, 0.2) is 0 Å². The van der Waals surface area contributed by atoms with E-state index in [9.17, 15) is 14.7 Å². The number of rotatable bonds is 5. The molecule has 0 aliphatic rings. The first-order valence-electron chi connectivity index (χ1n) is 6.71. The lowest BCUT2D eigenvalue weighted by Crippen LogP contribution is -2.41. The summed E-state index contributed by atoms with van der Waals surface area (Å²) in [6, 6.07) is 2.36. The van der Waals surface area contributed by atoms with Crippen molar-refractivity contribution in [3.8, 4) is 0 Å². The van der Waals surface area contributed by atoms with E-state index in [-0.39, 0.29) is 5.92 Å². The van der Waals surface area contributed by atoms with Gasteiger partial charge in [-0.2, -0.15) is 0 Å². The zero-order valence-corrected chi connectivity index (χ0v) is 11.9. The first-order valence-corrected chi connectivity index (χ1v) is 6.71. The number of hydrogen-bond donors (Lipinski definition) is 2. The molecule has 0 radical (unpaired) electrons. The predicted molar refractivity (Wildman–Crippen MR) is 77.9 cm³/mol. The van der Waals surface area contributed by atoms with E-state index < -0.39 is 17.9 Å². The van der Waals surface area contributed by atoms with E-state index in [2.05, 4.69) is 15.3 Å². The maximum atomic E-state index is 12.3. The molecule has 0 aliphatic carbocycles. The van der Waals surface area contributed by atoms with Crippen LogP contribution in [0.1, 0.15) is 30.6 Å². The number of carbonyl (C=O) groups excluding carboxylic acids is 1. The smallest absolute Gasteiger partial charge is 0.326 e. The first-order chi connectivity index (χ1) is 9.99. The highest BCUT2D eigenvalue weighted by molar-refractivity contribution is 6.06. The Morgan fingerprint density at radius 2 is 2.05 bits per heavy atom. The monoisotopic (exact) mass is 287 g/mol. The Morgan fingerprint density at radius 3 is 2.71 bits per heavy atom. The lowest BCUT2D eigenvalue weighted by molar-refractivity contribution is -0.139. The van der Waals surface area contributed by atoms with Crippen molar-refractivity contribution in [2.75, 3.05) is 0 Å². The number of amides is 1. The van der Waals surface area contributed by atoms with Gasteiger partial charge >= 0.3 is 5.97 Å². The van der Waals surface area contributed by atoms with Gasteiger partial charge in [-0.3, -0.25) is 14.8 Å². The standard InChI is InChI=1S/C15H17N3O3/c1-9(2)7-13(15(20)21)18-14(19)10-3-6-17-12-4-5-16-8-11(10)12/h3-6,8-9,13H,7H2,1-2H3,(H,18,19)(H,20,21)/t13-/m0/s1. The van der Waals surface area contributed by atoms with Gasteiger partial charge in [-0.1, -0.05) is 13.8 Å². The molecule has 1 amide bonds. The van der Waals surface area contributed by atoms with Gasteiger partial charge in [0.1, 0.15) is 6.04 Å². The van der Waals surface area contributed by atoms with Crippen molar-refractivity contribution in [3.63, 3.8) is 0 Å². The Kier molecular flexibility index (Phi) is 4.47. The maximum Gasteiger partial charge on any atom is 0.326 e. The fourth-order valence-electron chi connectivity index (χ4n) is 2.12. The molecule has 2 N–H and O–H groups in total. The van der Waals surface area contributed by atoms with Crippen LogP contribution in [0.3, 0.4) is 0 Å². The summed E-state index contributed by atoms with van der Waals surface area (Å²) >= 11 is 0. The molecule has 0 aliphatic heterocycles. The molecule has 2 aromatic heterocycles. The fraction of sp³-hybridized carbons (Fsp3) is 0.333. The summed E-state index contributed by atoms with van der Waals surface area (Å²) < 4.78 is 0. The van der Waals surface area contributed by atoms with E-state index in [0.29, 0.717) is 22.9 Å². The molecule has 110 valence electrons. The Labute approximate surface area is 122 Å². The molecule has 2 heterocycles. The van der Waals surface area contributed by atoms with Crippen LogP contribution >= 0.6 is 0 Å². The quantitative estimate of drug-likeness (QED) is 0.875. The van der Waals surface area contributed by atoms with Crippen LogP contribution in [0.5, 0.6) is 0 Å². The predicted octanol–water partition coefficient (Wildman–Crippen LogP) is 1.86. The summed E-state index contributed by atoms with van der Waals surface area (Å²) in [5.41, 5.74) is 1.02. The molecule has 1 atom stereocenters. The van der Waals surface area contributed by atoms with Crippen LogP contribution in [0, 0.1) is 5.92 Å². The topological polar surface area (TPSA) is 92.2 Å². The molecule has 6 heteroatoms. The van der Waals surface area contributed by atoms with Crippen molar-refractivity contribution in [1.82, 2.24) is 15.3 Å². The normalized spacial score (nSPS) is 12.3. The summed E-state index contributed by atoms with van der Waals surface area (Å²) in [7, 11) is 0. The Hall–Kier alpha value is -2.50. The summed E-state index contributed by atoms with van der Waals surface area (Å²) in [6.07, 6.45) is 5.04. The minimum atomic E-state index is -1.03. The fourth-order valence-corrected chi connectivity index (χ4v) is 2.12. The van der Waals surface area contributed by atoms with Crippen molar-refractivity contribution >= 4 is 22.8 Å². The number of pyridine rings is 2. The highest BCUT2D eigenvalue weighted by Gasteiger charge is 2.22. The van der Waals surface area contributed by atoms with Gasteiger partial charge in [-0.25, -0.2) is 4.79 Å². The molecular formula is C15H17N3O3. The number of carboxylic acid groups (broad SMARTS) is 1. The Bertz CT molecular complexity index is 665. The maximum absolute atomic E-state index is 12.3. The lowest BCUT2D eigenvalue weighted by Gasteiger charge is -2.16. The second-order valence-electron chi connectivity index (χ2n) is 5.25. The van der Waals surface area contributed by atoms with Crippen LogP contribution < -0.4 is 5.32 Å². The number of fused-ring (bicyclic) bond motifs is 1. The van der Waals surface area contributed by atoms with E-state index in [0.717, 1.165) is 0 Å². The zero-order chi connectivity index (χ0) is 15.4. The second kappa shape index (κ2) is 6.30. The highest BCUT2D eigenvalue weighted by Crippen LogP contribution is 2.15. The van der Waals surface area contributed by atoms with Gasteiger partial charge in [0.05, 0.1) is 11.1 Å². The van der Waals surface area contributed by atoms with Gasteiger partial charge in [0.2, 0.25) is 0 Å². The van der Waals surface area contributed by atoms with Gasteiger partial charge in [0, 0.05) is 24.0 Å². The van der Waals surface area contributed by atoms with Gasteiger partial charge in [0.25, 0.3) is 5.91 Å². The van der Waals surface area contributed by atoms with Crippen LogP contribution in [0.4, 0.5) is 0 Å². The molecule has 0 saturated heterocycles. The van der Waals surface area contributed by atoms with Crippen LogP contribution in [-0.4, -0.2) is 33.0 Å². The average Bonchev–Trinajstić information content (AvgIpc) is 2.45. The molecule has 6 nitrogen and oxygen atoms in total. The molecular weight excluding hydrogens is 270 g/mol. The number of nitrogens with zero attached hydrogens (tertiary/aromatic N) is 2. The molecule has 2 rings (SSSR count). The SMILES string of the molecule is CC(C)C[C@H](NC(=O)c1ccnc2ccncc12)C(=O)O. The Morgan fingerprint density at radius 1 is 1.29 bits per heavy atom. The molecule has 2 aromatic rings. The van der Waals surface area contributed by atoms with E-state index in [1.165, 1.54) is 6.20 Å². The summed E-state index contributed by atoms with van der Waals surface area (Å²) in [6.45, 7) is 3.82. The third-order valence-electron chi connectivity index (χ3n) is 3.10. The third kappa shape index (κ3) is 3.53. The van der Waals surface area contributed by atoms with Crippen molar-refractivity contribution in [3.05, 3.63) is 36.3 Å². The minimum Gasteiger partial charge on any atom is -0.480 e. The van der Waals surface area contributed by atoms with Crippen molar-refractivity contribution in [2.24, 2.45) is 5.92 Å². The van der Waals surface area contributed by atoms with E-state index in [1.807, 2.05) is 13.8 Å². The number of aromatic nitrogens is 2. The molecule has 0 aromatic carbocycles. The van der Waals surface area contributed by atoms with Crippen LogP contribution in [-0.2, 0) is 4.79 Å². The minimum absolute atomic E-state index is 0.169. The molecule has 0 fully saturated rings. The van der Waals surface area contributed by atoms with Crippen LogP contribution in [0.25, 0.3) is 10.9 Å². The second-order valence-corrected chi connectivity index (χ2v) is 5.25. The molecule has 0 unspecified atom stereocenters. The van der Waals surface area contributed by atoms with Crippen molar-refractivity contribution in [2.45, 2.75) is 26.3 Å². The van der Waals surface area contributed by atoms with Crippen LogP contribution in [0.15, 0.2) is 30.7 Å². The highest BCUT2D eigenvalue weighted by atomic mass is 16.4. The van der Waals surface area contributed by atoms with Crippen LogP contribution in [0.2, 0.25) is 0 Å². The molecule has 21 heavy (non-hydrogen) atoms. The van der Waals surface area contributed by atoms with Crippen molar-refractivity contribution < 1.29 is 14.7 Å². The summed E-state index contributed by atoms with van der Waals surface area (Å²) in [5.74, 6) is -1.29. The molecule has 0 bridgehead atoms. The number of aliphatic carboxylic acids is 1. The zero-order valence-electron chi connectivity index (χ0n) is 11.9. The Balaban J connectivity index is 2.27. The molecule has 0 saturated carbocycles. The summed E-state index contributed by atoms with van der Waals surface area (Å²) in [5, 5.41) is 12.4. The van der Waals surface area contributed by atoms with E-state index in [1.54, 1.807) is 24.5 Å². The van der Waals surface area contributed by atoms with Gasteiger partial charge < -0.3 is 10.4 Å². The van der Waals surface area contributed by atoms with Gasteiger partial charge in [-0.05, 0) is 24.5 Å². The number of carbonyl (C=O) groups is 2. The van der Waals surface area contributed by atoms with Gasteiger partial charge in [-0.15, -0.1) is 0 Å². The average molecular weight is 287 g/mol. The van der Waals surface area contributed by atoms with E-state index in [4.69, 9.17) is 0 Å². The lowest BCUT2D eigenvalue weighted by atomic mass is 10.0. The number of carboxylic acids is 1. The number of hydrogen-bond acceptors (Lipinski definition) is 4. The third-order valence-corrected chi connectivity index (χ3v) is 3.10. The summed E-state index contributed by atoms with van der Waals surface area (Å²) in [4.78, 5) is 31.7. The molecule has 0 spiro atoms. The number of nitrogens with one attached hydrogen (secondary N) is 1. The van der Waals surface area contributed by atoms with E-state index >= 15 is 0 Å². The largest absolute Gasteiger partial charge is 0.480 e. The van der Waals surface area contributed by atoms with Crippen molar-refractivity contribution in [1.29, 1.82) is 0 Å². The first kappa shape index (κ1) is 14.9.